The lowest BCUT2D eigenvalue weighted by Crippen LogP contribution is -2.30. The van der Waals surface area contributed by atoms with Crippen molar-refractivity contribution in [3.63, 3.8) is 0 Å². The number of unbranched alkanes of at least 4 members (excludes halogenated alkanes) is 53. The summed E-state index contributed by atoms with van der Waals surface area (Å²) in [6.45, 7) is 7.31. The van der Waals surface area contributed by atoms with Crippen LogP contribution in [0.1, 0.15) is 439 Å². The summed E-state index contributed by atoms with van der Waals surface area (Å²) in [7, 11) is -9.92. The number of carbonyl (C=O) groups is 4. The summed E-state index contributed by atoms with van der Waals surface area (Å²) in [6, 6.07) is 0. The number of carbonyl (C=O) groups excluding carboxylic acids is 4. The fourth-order valence-corrected chi connectivity index (χ4v) is 14.3. The molecule has 0 aliphatic carbocycles. The predicted molar refractivity (Wildman–Crippen MR) is 414 cm³/mol. The molecule has 600 valence electrons. The molecule has 0 aromatic carbocycles. The third-order valence-electron chi connectivity index (χ3n) is 19.6. The Morgan fingerprint density at radius 2 is 0.475 bits per heavy atom. The monoisotopic (exact) mass is 1480 g/mol. The van der Waals surface area contributed by atoms with Gasteiger partial charge in [-0.1, -0.05) is 388 Å². The maximum Gasteiger partial charge on any atom is 0.472 e. The zero-order chi connectivity index (χ0) is 74.1. The van der Waals surface area contributed by atoms with E-state index in [1.165, 1.54) is 263 Å². The Morgan fingerprint density at radius 1 is 0.277 bits per heavy atom. The molecule has 0 aliphatic rings. The zero-order valence-corrected chi connectivity index (χ0v) is 67.8. The molecule has 0 amide bonds. The Kier molecular flexibility index (Phi) is 73.5. The third-order valence-corrected chi connectivity index (χ3v) is 21.5. The number of rotatable bonds is 82. The van der Waals surface area contributed by atoms with Crippen LogP contribution in [-0.4, -0.2) is 96.7 Å². The largest absolute Gasteiger partial charge is 0.472 e. The van der Waals surface area contributed by atoms with Crippen molar-refractivity contribution in [3.05, 3.63) is 0 Å². The molecule has 0 radical (unpaired) electrons. The number of hydrogen-bond donors (Lipinski definition) is 3. The van der Waals surface area contributed by atoms with E-state index in [1.54, 1.807) is 0 Å². The van der Waals surface area contributed by atoms with E-state index in [1.807, 2.05) is 0 Å². The highest BCUT2D eigenvalue weighted by Crippen LogP contribution is 2.45. The van der Waals surface area contributed by atoms with Crippen molar-refractivity contribution in [1.82, 2.24) is 0 Å². The van der Waals surface area contributed by atoms with Crippen molar-refractivity contribution in [2.24, 2.45) is 5.92 Å². The molecule has 0 heterocycles. The molecule has 0 spiro atoms. The van der Waals surface area contributed by atoms with E-state index >= 15 is 0 Å². The van der Waals surface area contributed by atoms with Crippen LogP contribution in [0.2, 0.25) is 0 Å². The number of aliphatic hydroxyl groups is 1. The number of hydrogen-bond acceptors (Lipinski definition) is 15. The van der Waals surface area contributed by atoms with E-state index in [9.17, 15) is 43.2 Å². The average molecular weight is 1480 g/mol. The molecule has 101 heavy (non-hydrogen) atoms. The van der Waals surface area contributed by atoms with Gasteiger partial charge in [0.25, 0.3) is 0 Å². The summed E-state index contributed by atoms with van der Waals surface area (Å²) < 4.78 is 68.7. The number of aliphatic hydroxyl groups excluding tert-OH is 1. The molecule has 0 aromatic heterocycles. The van der Waals surface area contributed by atoms with Crippen LogP contribution in [0.3, 0.4) is 0 Å². The Bertz CT molecular complexity index is 1930. The van der Waals surface area contributed by atoms with Gasteiger partial charge in [-0.3, -0.25) is 37.3 Å². The number of ether oxygens (including phenoxy) is 4. The first-order chi connectivity index (χ1) is 49.1. The van der Waals surface area contributed by atoms with Gasteiger partial charge in [-0.2, -0.15) is 0 Å². The minimum Gasteiger partial charge on any atom is -0.462 e. The van der Waals surface area contributed by atoms with Gasteiger partial charge < -0.3 is 33.8 Å². The van der Waals surface area contributed by atoms with Crippen LogP contribution >= 0.6 is 15.6 Å². The minimum absolute atomic E-state index is 0.106. The normalized spacial score (nSPS) is 14.1. The van der Waals surface area contributed by atoms with E-state index in [2.05, 4.69) is 34.6 Å². The first-order valence-corrected chi connectivity index (χ1v) is 45.7. The molecule has 17 nitrogen and oxygen atoms in total. The molecule has 0 rings (SSSR count). The van der Waals surface area contributed by atoms with Crippen molar-refractivity contribution in [2.45, 2.75) is 457 Å². The fourth-order valence-electron chi connectivity index (χ4n) is 12.7. The molecule has 0 fully saturated rings. The van der Waals surface area contributed by atoms with Gasteiger partial charge in [0, 0.05) is 25.7 Å². The molecular formula is C82H160O17P2. The van der Waals surface area contributed by atoms with Crippen molar-refractivity contribution in [1.29, 1.82) is 0 Å². The van der Waals surface area contributed by atoms with Gasteiger partial charge >= 0.3 is 39.5 Å². The van der Waals surface area contributed by atoms with E-state index < -0.39 is 97.5 Å². The lowest BCUT2D eigenvalue weighted by Gasteiger charge is -2.21. The van der Waals surface area contributed by atoms with E-state index in [0.717, 1.165) is 95.8 Å². The maximum absolute atomic E-state index is 13.1. The van der Waals surface area contributed by atoms with Crippen LogP contribution in [0.15, 0.2) is 0 Å². The molecule has 0 saturated heterocycles. The van der Waals surface area contributed by atoms with Crippen molar-refractivity contribution < 1.29 is 80.2 Å². The number of phosphoric acid groups is 2. The van der Waals surface area contributed by atoms with Gasteiger partial charge in [-0.15, -0.1) is 0 Å². The van der Waals surface area contributed by atoms with Gasteiger partial charge in [0.05, 0.1) is 26.4 Å². The first kappa shape index (κ1) is 99.1. The second-order valence-corrected chi connectivity index (χ2v) is 32.7. The molecule has 0 aromatic rings. The standard InChI is InChI=1S/C82H160O17P2/c1-6-10-13-16-19-22-24-26-28-30-32-33-35-37-39-41-43-46-52-57-62-67-81(86)98-77(72-93-80(85)66-61-56-51-45-42-40-38-36-34-31-29-27-25-23-20-17-14-11-7-2)73-96-100(88,89)94-69-76(83)70-95-101(90,91)97-74-78(71-92-79(84)65-60-55-50-44-21-18-15-12-8-3)99-82(87)68-63-58-53-48-47-49-54-59-64-75(5)9-4/h75-78,83H,6-74H2,1-5H3,(H,88,89)(H,90,91)/t75?,76-,77-,78-/m1/s1. The summed E-state index contributed by atoms with van der Waals surface area (Å²) in [5.74, 6) is -1.34. The predicted octanol–water partition coefficient (Wildman–Crippen LogP) is 24.8. The van der Waals surface area contributed by atoms with Gasteiger partial charge in [0.1, 0.15) is 19.3 Å². The molecule has 0 saturated carbocycles. The quantitative estimate of drug-likeness (QED) is 0.0222. The van der Waals surface area contributed by atoms with Gasteiger partial charge in [-0.05, 0) is 31.6 Å². The highest BCUT2D eigenvalue weighted by atomic mass is 31.2. The van der Waals surface area contributed by atoms with Crippen LogP contribution in [-0.2, 0) is 65.4 Å². The minimum atomic E-state index is -4.96. The Labute approximate surface area is 619 Å². The molecule has 0 bridgehead atoms. The van der Waals surface area contributed by atoms with E-state index in [-0.39, 0.29) is 25.7 Å². The smallest absolute Gasteiger partial charge is 0.462 e. The highest BCUT2D eigenvalue weighted by Gasteiger charge is 2.30. The molecule has 0 aliphatic heterocycles. The summed E-state index contributed by atoms with van der Waals surface area (Å²) >= 11 is 0. The van der Waals surface area contributed by atoms with Crippen molar-refractivity contribution >= 4 is 39.5 Å². The lowest BCUT2D eigenvalue weighted by atomic mass is 9.99. The Morgan fingerprint density at radius 3 is 0.703 bits per heavy atom. The molecule has 3 unspecified atom stereocenters. The van der Waals surface area contributed by atoms with Crippen molar-refractivity contribution in [2.75, 3.05) is 39.6 Å². The van der Waals surface area contributed by atoms with E-state index in [4.69, 9.17) is 37.0 Å². The van der Waals surface area contributed by atoms with E-state index in [0.29, 0.717) is 25.7 Å². The molecule has 3 N–H and O–H groups in total. The summed E-state index contributed by atoms with van der Waals surface area (Å²) in [5.41, 5.74) is 0. The summed E-state index contributed by atoms with van der Waals surface area (Å²) in [5, 5.41) is 10.6. The molecule has 19 heteroatoms. The van der Waals surface area contributed by atoms with Gasteiger partial charge in [0.2, 0.25) is 0 Å². The first-order valence-electron chi connectivity index (χ1n) is 42.7. The average Bonchev–Trinajstić information content (AvgIpc) is 0.937. The van der Waals surface area contributed by atoms with Crippen LogP contribution in [0.4, 0.5) is 0 Å². The third kappa shape index (κ3) is 74.7. The van der Waals surface area contributed by atoms with Gasteiger partial charge in [-0.25, -0.2) is 9.13 Å². The second kappa shape index (κ2) is 74.9. The van der Waals surface area contributed by atoms with Crippen LogP contribution in [0.25, 0.3) is 0 Å². The summed E-state index contributed by atoms with van der Waals surface area (Å²) in [6.07, 6.45) is 66.8. The van der Waals surface area contributed by atoms with Crippen LogP contribution < -0.4 is 0 Å². The number of esters is 4. The van der Waals surface area contributed by atoms with Gasteiger partial charge in [0.15, 0.2) is 12.2 Å². The van der Waals surface area contributed by atoms with Crippen LogP contribution in [0, 0.1) is 5.92 Å². The topological polar surface area (TPSA) is 237 Å². The molecular weight excluding hydrogens is 1320 g/mol. The Hall–Kier alpha value is -1.94. The SMILES string of the molecule is CCCCCCCCCCCCCCCCCCCCCCCC(=O)O[C@H](COC(=O)CCCCCCCCCCCCCCCCCCCCC)COP(=O)(O)OC[C@@H](O)COP(=O)(O)OC[C@@H](COC(=O)CCCCCCCCCCC)OC(=O)CCCCCCCCCCC(C)CC. The van der Waals surface area contributed by atoms with Crippen LogP contribution in [0.5, 0.6) is 0 Å². The fraction of sp³-hybridized carbons (Fsp3) is 0.951. The highest BCUT2D eigenvalue weighted by molar-refractivity contribution is 7.47. The summed E-state index contributed by atoms with van der Waals surface area (Å²) in [4.78, 5) is 73.0. The lowest BCUT2D eigenvalue weighted by molar-refractivity contribution is -0.161. The zero-order valence-electron chi connectivity index (χ0n) is 66.1. The Balaban J connectivity index is 5.19. The second-order valence-electron chi connectivity index (χ2n) is 29.8. The molecule has 6 atom stereocenters. The maximum atomic E-state index is 13.1. The number of phosphoric ester groups is 2. The van der Waals surface area contributed by atoms with Crippen molar-refractivity contribution in [3.8, 4) is 0 Å².